The maximum atomic E-state index is 10.9. The molecule has 0 unspecified atom stereocenters. The molecule has 2 nitrogen and oxygen atoms in total. The molecule has 0 atom stereocenters. The van der Waals surface area contributed by atoms with Gasteiger partial charge in [-0.1, -0.05) is 0 Å². The van der Waals surface area contributed by atoms with Crippen molar-refractivity contribution in [2.45, 2.75) is 0 Å². The molecule has 0 bridgehead atoms. The first-order valence-electron chi connectivity index (χ1n) is 0.836. The summed E-state index contributed by atoms with van der Waals surface area (Å²) >= 11 is -0.0733. The quantitative estimate of drug-likeness (QED) is 0.382. The average Bonchev–Trinajstić information content (AvgIpc) is 1.41. The fourth-order valence-corrected chi connectivity index (χ4v) is 0.321. The molecule has 0 aromatic rings. The van der Waals surface area contributed by atoms with Crippen molar-refractivity contribution in [3.63, 3.8) is 0 Å². The molecule has 0 saturated heterocycles. The molecule has 0 aliphatic heterocycles. The zero-order chi connectivity index (χ0) is 4.12. The van der Waals surface area contributed by atoms with Crippen LogP contribution in [0.15, 0.2) is 7.19 Å². The number of rotatable bonds is 1. The van der Waals surface area contributed by atoms with Crippen molar-refractivity contribution in [2.75, 3.05) is 0 Å². The van der Waals surface area contributed by atoms with Gasteiger partial charge in [0, 0.05) is 0 Å². The molecule has 5 heavy (non-hydrogen) atoms. The van der Waals surface area contributed by atoms with E-state index in [-0.39, 0.29) is 0 Å². The monoisotopic (exact) mass is 143 g/mol. The van der Waals surface area contributed by atoms with E-state index in [1.807, 2.05) is 0 Å². The zero-order valence-corrected chi connectivity index (χ0v) is 5.40. The van der Waals surface area contributed by atoms with Crippen LogP contribution in [0, 0.1) is 0 Å². The SMILES string of the molecule is [F][Ti][N]=[N][Ti]. The van der Waals surface area contributed by atoms with Gasteiger partial charge >= 0.3 is 50.9 Å². The van der Waals surface area contributed by atoms with Crippen LogP contribution in [0.4, 0.5) is 3.09 Å². The van der Waals surface area contributed by atoms with Crippen LogP contribution < -0.4 is 0 Å². The minimum atomic E-state index is -1.53. The first-order chi connectivity index (χ1) is 2.41. The Kier molecular flexibility index (Phi) is 5.91. The molecule has 0 heterocycles. The first kappa shape index (κ1) is 5.96. The van der Waals surface area contributed by atoms with Crippen molar-refractivity contribution < 1.29 is 43.7 Å². The first-order valence-corrected chi connectivity index (χ1v) is 2.82. The molecule has 0 amide bonds. The van der Waals surface area contributed by atoms with E-state index in [1.54, 1.807) is 0 Å². The number of nitrogens with zero attached hydrogens (tertiary/aromatic N) is 2. The van der Waals surface area contributed by atoms with Gasteiger partial charge in [-0.05, 0) is 0 Å². The fraction of sp³-hybridized carbons (Fsp3) is 0. The normalized spacial score (nSPS) is 8.80. The van der Waals surface area contributed by atoms with E-state index in [0.29, 0.717) is 0 Å². The zero-order valence-electron chi connectivity index (χ0n) is 2.27. The van der Waals surface area contributed by atoms with Gasteiger partial charge in [-0.25, -0.2) is 0 Å². The Morgan fingerprint density at radius 2 is 2.40 bits per heavy atom. The van der Waals surface area contributed by atoms with Gasteiger partial charge in [-0.15, -0.1) is 0 Å². The Labute approximate surface area is 50.9 Å². The fourth-order valence-electron chi connectivity index (χ4n) is 0.0189. The second-order valence-electron chi connectivity index (χ2n) is 0.285. The summed E-state index contributed by atoms with van der Waals surface area (Å²) in [6.07, 6.45) is 0. The van der Waals surface area contributed by atoms with Crippen LogP contribution >= 0.6 is 0 Å². The van der Waals surface area contributed by atoms with Crippen molar-refractivity contribution >= 4 is 0 Å². The Morgan fingerprint density at radius 3 is 2.40 bits per heavy atom. The molecule has 0 fully saturated rings. The van der Waals surface area contributed by atoms with Crippen molar-refractivity contribution in [1.82, 2.24) is 0 Å². The van der Waals surface area contributed by atoms with Gasteiger partial charge in [0.15, 0.2) is 0 Å². The molecule has 0 saturated carbocycles. The molecule has 0 aromatic carbocycles. The third-order valence-corrected chi connectivity index (χ3v) is 1.01. The number of hydrogen-bond donors (Lipinski definition) is 0. The van der Waals surface area contributed by atoms with Gasteiger partial charge in [0.25, 0.3) is 0 Å². The predicted molar refractivity (Wildman–Crippen MR) is 5.96 cm³/mol. The summed E-state index contributed by atoms with van der Waals surface area (Å²) in [6, 6.07) is 0. The molecule has 25 valence electrons. The predicted octanol–water partition coefficient (Wildman–Crippen LogP) is 0.782. The Balaban J connectivity index is 2.62. The maximum absolute atomic E-state index is 10.9. The second-order valence-corrected chi connectivity index (χ2v) is 1.17. The molecular weight excluding hydrogens is 143 g/mol. The Morgan fingerprint density at radius 1 is 1.80 bits per heavy atom. The summed E-state index contributed by atoms with van der Waals surface area (Å²) in [5.74, 6) is 0. The molecule has 0 aliphatic carbocycles. The minimum absolute atomic E-state index is 1.46. The van der Waals surface area contributed by atoms with Gasteiger partial charge in [0.1, 0.15) is 0 Å². The van der Waals surface area contributed by atoms with Crippen LogP contribution in [0.3, 0.4) is 0 Å². The molecule has 0 spiro atoms. The van der Waals surface area contributed by atoms with Gasteiger partial charge in [0.05, 0.1) is 0 Å². The van der Waals surface area contributed by atoms with Gasteiger partial charge in [-0.2, -0.15) is 0 Å². The van der Waals surface area contributed by atoms with Crippen LogP contribution in [0.1, 0.15) is 0 Å². The molecule has 0 N–H and O–H groups in total. The molecular formula is FN2Ti2. The Hall–Kier alpha value is 0.959. The van der Waals surface area contributed by atoms with Crippen molar-refractivity contribution in [3.05, 3.63) is 0 Å². The van der Waals surface area contributed by atoms with Gasteiger partial charge < -0.3 is 0 Å². The summed E-state index contributed by atoms with van der Waals surface area (Å²) in [5.41, 5.74) is 0. The number of hydrogen-bond acceptors (Lipinski definition) is 2. The summed E-state index contributed by atoms with van der Waals surface area (Å²) < 4.78 is 17.1. The summed E-state index contributed by atoms with van der Waals surface area (Å²) in [7, 11) is 0. The Bertz CT molecular complexity index is 34.6. The van der Waals surface area contributed by atoms with E-state index >= 15 is 0 Å². The van der Waals surface area contributed by atoms with E-state index in [0.717, 1.165) is 0 Å². The summed E-state index contributed by atoms with van der Waals surface area (Å²) in [5, 5.41) is 0. The van der Waals surface area contributed by atoms with Crippen LogP contribution in [0.25, 0.3) is 0 Å². The van der Waals surface area contributed by atoms with E-state index in [1.165, 1.54) is 20.7 Å². The van der Waals surface area contributed by atoms with Gasteiger partial charge in [0.2, 0.25) is 0 Å². The van der Waals surface area contributed by atoms with Crippen molar-refractivity contribution in [1.29, 1.82) is 0 Å². The average molecular weight is 143 g/mol. The summed E-state index contributed by atoms with van der Waals surface area (Å²) in [6.45, 7) is 0. The molecule has 0 radical (unpaired) electrons. The van der Waals surface area contributed by atoms with Crippen LogP contribution in [0.5, 0.6) is 0 Å². The molecule has 5 heteroatoms. The molecule has 0 aromatic heterocycles. The molecule has 0 aliphatic rings. The number of halogens is 1. The van der Waals surface area contributed by atoms with E-state index in [9.17, 15) is 3.09 Å². The van der Waals surface area contributed by atoms with Crippen LogP contribution in [0.2, 0.25) is 0 Å². The summed E-state index contributed by atoms with van der Waals surface area (Å²) in [4.78, 5) is 0. The van der Waals surface area contributed by atoms with Crippen molar-refractivity contribution in [3.8, 4) is 0 Å². The van der Waals surface area contributed by atoms with Gasteiger partial charge in [-0.3, -0.25) is 0 Å². The third kappa shape index (κ3) is 4.96. The van der Waals surface area contributed by atoms with E-state index in [2.05, 4.69) is 7.19 Å². The van der Waals surface area contributed by atoms with E-state index < -0.39 is 19.9 Å². The van der Waals surface area contributed by atoms with E-state index in [4.69, 9.17) is 0 Å². The van der Waals surface area contributed by atoms with Crippen LogP contribution in [-0.4, -0.2) is 0 Å². The van der Waals surface area contributed by atoms with Crippen LogP contribution in [-0.2, 0) is 40.6 Å². The topological polar surface area (TPSA) is 24.7 Å². The third-order valence-electron chi connectivity index (χ3n) is 0.0878. The van der Waals surface area contributed by atoms with Crippen molar-refractivity contribution in [2.24, 2.45) is 7.19 Å². The molecule has 0 rings (SSSR count). The standard InChI is InChI=1S/FH.N2.2Ti/c;1-2;;/h1H;;;/q;-2;+1;+2/p-1. The second kappa shape index (κ2) is 4.96.